The van der Waals surface area contributed by atoms with Crippen molar-refractivity contribution in [2.45, 2.75) is 18.9 Å². The molecule has 0 saturated heterocycles. The van der Waals surface area contributed by atoms with Gasteiger partial charge in [-0.25, -0.2) is 4.79 Å². The first-order valence-electron chi connectivity index (χ1n) is 7.66. The Bertz CT molecular complexity index is 739. The van der Waals surface area contributed by atoms with Gasteiger partial charge in [-0.15, -0.1) is 0 Å². The summed E-state index contributed by atoms with van der Waals surface area (Å²) in [6.45, 7) is 0. The van der Waals surface area contributed by atoms with Crippen LogP contribution in [0.2, 0.25) is 5.02 Å². The summed E-state index contributed by atoms with van der Waals surface area (Å²) in [6.07, 6.45) is 1.67. The average Bonchev–Trinajstić information content (AvgIpc) is 2.97. The van der Waals surface area contributed by atoms with Crippen LogP contribution >= 0.6 is 11.6 Å². The molecule has 2 N–H and O–H groups in total. The molecule has 0 spiro atoms. The number of hydrogen-bond donors (Lipinski definition) is 2. The first-order chi connectivity index (χ1) is 11.6. The number of ether oxygens (including phenoxy) is 2. The number of urea groups is 1. The zero-order valence-corrected chi connectivity index (χ0v) is 14.3. The van der Waals surface area contributed by atoms with Crippen molar-refractivity contribution in [1.82, 2.24) is 5.32 Å². The molecule has 5 nitrogen and oxygen atoms in total. The van der Waals surface area contributed by atoms with Gasteiger partial charge < -0.3 is 20.1 Å². The molecule has 1 aliphatic carbocycles. The van der Waals surface area contributed by atoms with Crippen LogP contribution in [0.5, 0.6) is 11.5 Å². The van der Waals surface area contributed by atoms with Crippen molar-refractivity contribution in [3.05, 3.63) is 52.5 Å². The summed E-state index contributed by atoms with van der Waals surface area (Å²) in [5, 5.41) is 6.19. The van der Waals surface area contributed by atoms with Crippen LogP contribution in [-0.2, 0) is 12.8 Å². The van der Waals surface area contributed by atoms with Gasteiger partial charge in [0.2, 0.25) is 0 Å². The molecule has 2 aromatic carbocycles. The molecule has 2 aromatic rings. The number of nitrogens with one attached hydrogen (secondary N) is 2. The fraction of sp³-hybridized carbons (Fsp3) is 0.278. The molecule has 0 aromatic heterocycles. The highest BCUT2D eigenvalue weighted by Gasteiger charge is 2.23. The summed E-state index contributed by atoms with van der Waals surface area (Å²) in [5.41, 5.74) is 3.07. The fourth-order valence-corrected chi connectivity index (χ4v) is 3.20. The molecule has 0 heterocycles. The largest absolute Gasteiger partial charge is 0.495 e. The second kappa shape index (κ2) is 7.01. The molecule has 6 heteroatoms. The van der Waals surface area contributed by atoms with Gasteiger partial charge in [-0.2, -0.15) is 0 Å². The van der Waals surface area contributed by atoms with Crippen LogP contribution in [0.4, 0.5) is 10.5 Å². The number of benzene rings is 2. The number of halogens is 1. The van der Waals surface area contributed by atoms with Gasteiger partial charge >= 0.3 is 6.03 Å². The summed E-state index contributed by atoms with van der Waals surface area (Å²) in [6, 6.07) is 11.3. The topological polar surface area (TPSA) is 59.6 Å². The van der Waals surface area contributed by atoms with Crippen molar-refractivity contribution < 1.29 is 14.3 Å². The van der Waals surface area contributed by atoms with Crippen LogP contribution in [0.25, 0.3) is 0 Å². The quantitative estimate of drug-likeness (QED) is 0.888. The standard InChI is InChI=1S/C18H19ClN2O3/c1-23-16-10-17(24-2)15(9-14(16)19)21-18(22)20-13-7-11-5-3-4-6-12(11)8-13/h3-6,9-10,13H,7-8H2,1-2H3,(H2,20,21,22). The minimum Gasteiger partial charge on any atom is -0.495 e. The van der Waals surface area contributed by atoms with E-state index < -0.39 is 0 Å². The van der Waals surface area contributed by atoms with Crippen molar-refractivity contribution in [2.24, 2.45) is 0 Å². The molecule has 0 fully saturated rings. The zero-order chi connectivity index (χ0) is 17.1. The first-order valence-corrected chi connectivity index (χ1v) is 8.04. The lowest BCUT2D eigenvalue weighted by Crippen LogP contribution is -2.38. The lowest BCUT2D eigenvalue weighted by atomic mass is 10.1. The molecule has 2 amide bonds. The number of anilines is 1. The third-order valence-electron chi connectivity index (χ3n) is 4.11. The van der Waals surface area contributed by atoms with E-state index in [0.29, 0.717) is 22.2 Å². The molecule has 3 rings (SSSR count). The summed E-state index contributed by atoms with van der Waals surface area (Å²) in [5.74, 6) is 0.979. The number of carbonyl (C=O) groups excluding carboxylic acids is 1. The van der Waals surface area contributed by atoms with Crippen molar-refractivity contribution in [1.29, 1.82) is 0 Å². The minimum absolute atomic E-state index is 0.0853. The third-order valence-corrected chi connectivity index (χ3v) is 4.40. The van der Waals surface area contributed by atoms with E-state index in [1.807, 2.05) is 12.1 Å². The smallest absolute Gasteiger partial charge is 0.319 e. The van der Waals surface area contributed by atoms with Gasteiger partial charge in [0.1, 0.15) is 11.5 Å². The van der Waals surface area contributed by atoms with E-state index in [-0.39, 0.29) is 12.1 Å². The molecular weight excluding hydrogens is 328 g/mol. The van der Waals surface area contributed by atoms with E-state index in [0.717, 1.165) is 12.8 Å². The maximum Gasteiger partial charge on any atom is 0.319 e. The number of hydrogen-bond acceptors (Lipinski definition) is 3. The summed E-state index contributed by atoms with van der Waals surface area (Å²) in [4.78, 5) is 12.3. The van der Waals surface area contributed by atoms with Crippen molar-refractivity contribution in [2.75, 3.05) is 19.5 Å². The van der Waals surface area contributed by atoms with E-state index in [9.17, 15) is 4.79 Å². The van der Waals surface area contributed by atoms with Gasteiger partial charge in [0.05, 0.1) is 24.9 Å². The van der Waals surface area contributed by atoms with Crippen LogP contribution in [0.15, 0.2) is 36.4 Å². The molecule has 0 atom stereocenters. The minimum atomic E-state index is -0.285. The number of fused-ring (bicyclic) bond motifs is 1. The number of rotatable bonds is 4. The fourth-order valence-electron chi connectivity index (χ4n) is 2.96. The predicted octanol–water partition coefficient (Wildman–Crippen LogP) is 3.65. The maximum absolute atomic E-state index is 12.3. The predicted molar refractivity (Wildman–Crippen MR) is 94.3 cm³/mol. The molecule has 0 aliphatic heterocycles. The van der Waals surface area contributed by atoms with Gasteiger partial charge in [0.25, 0.3) is 0 Å². The van der Waals surface area contributed by atoms with Gasteiger partial charge in [-0.1, -0.05) is 35.9 Å². The second-order valence-electron chi connectivity index (χ2n) is 5.66. The summed E-state index contributed by atoms with van der Waals surface area (Å²) in [7, 11) is 3.05. The van der Waals surface area contributed by atoms with Crippen LogP contribution in [0.1, 0.15) is 11.1 Å². The van der Waals surface area contributed by atoms with Crippen molar-refractivity contribution in [3.8, 4) is 11.5 Å². The Hall–Kier alpha value is -2.40. The summed E-state index contributed by atoms with van der Waals surface area (Å²) >= 11 is 6.12. The SMILES string of the molecule is COc1cc(OC)c(NC(=O)NC2Cc3ccccc3C2)cc1Cl. The molecule has 0 bridgehead atoms. The molecular formula is C18H19ClN2O3. The van der Waals surface area contributed by atoms with Gasteiger partial charge in [-0.05, 0) is 30.0 Å². The average molecular weight is 347 g/mol. The normalized spacial score (nSPS) is 13.3. The Labute approximate surface area is 145 Å². The van der Waals surface area contributed by atoms with Crippen molar-refractivity contribution >= 4 is 23.3 Å². The van der Waals surface area contributed by atoms with E-state index in [1.54, 1.807) is 12.1 Å². The molecule has 0 saturated carbocycles. The Morgan fingerprint density at radius 1 is 1.08 bits per heavy atom. The van der Waals surface area contributed by atoms with Crippen LogP contribution in [0.3, 0.4) is 0 Å². The number of methoxy groups -OCH3 is 2. The lowest BCUT2D eigenvalue weighted by Gasteiger charge is -2.16. The van der Waals surface area contributed by atoms with Crippen LogP contribution < -0.4 is 20.1 Å². The van der Waals surface area contributed by atoms with E-state index in [2.05, 4.69) is 22.8 Å². The highest BCUT2D eigenvalue weighted by Crippen LogP contribution is 2.35. The Morgan fingerprint density at radius 3 is 2.29 bits per heavy atom. The first kappa shape index (κ1) is 16.5. The number of amides is 2. The van der Waals surface area contributed by atoms with Gasteiger partial charge in [-0.3, -0.25) is 0 Å². The Balaban J connectivity index is 1.67. The van der Waals surface area contributed by atoms with Crippen molar-refractivity contribution in [3.63, 3.8) is 0 Å². The Kier molecular flexibility index (Phi) is 4.81. The molecule has 1 aliphatic rings. The maximum atomic E-state index is 12.3. The highest BCUT2D eigenvalue weighted by atomic mass is 35.5. The van der Waals surface area contributed by atoms with Gasteiger partial charge in [0.15, 0.2) is 0 Å². The Morgan fingerprint density at radius 2 is 1.71 bits per heavy atom. The summed E-state index contributed by atoms with van der Waals surface area (Å²) < 4.78 is 10.4. The third kappa shape index (κ3) is 3.41. The van der Waals surface area contributed by atoms with E-state index in [4.69, 9.17) is 21.1 Å². The lowest BCUT2D eigenvalue weighted by molar-refractivity contribution is 0.248. The van der Waals surface area contributed by atoms with Crippen LogP contribution in [-0.4, -0.2) is 26.3 Å². The second-order valence-corrected chi connectivity index (χ2v) is 6.07. The van der Waals surface area contributed by atoms with Crippen LogP contribution in [0, 0.1) is 0 Å². The zero-order valence-electron chi connectivity index (χ0n) is 13.6. The molecule has 24 heavy (non-hydrogen) atoms. The van der Waals surface area contributed by atoms with E-state index >= 15 is 0 Å². The highest BCUT2D eigenvalue weighted by molar-refractivity contribution is 6.32. The molecule has 126 valence electrons. The molecule has 0 radical (unpaired) electrons. The number of carbonyl (C=O) groups is 1. The monoisotopic (exact) mass is 346 g/mol. The van der Waals surface area contributed by atoms with E-state index in [1.165, 1.54) is 25.3 Å². The molecule has 0 unspecified atom stereocenters. The van der Waals surface area contributed by atoms with Gasteiger partial charge in [0, 0.05) is 12.1 Å².